The molecular formula is C24H29N3O3S2. The predicted molar refractivity (Wildman–Crippen MR) is 129 cm³/mol. The highest BCUT2D eigenvalue weighted by molar-refractivity contribution is 7.89. The van der Waals surface area contributed by atoms with E-state index in [9.17, 15) is 8.42 Å². The number of methoxy groups -OCH3 is 1. The van der Waals surface area contributed by atoms with E-state index in [4.69, 9.17) is 4.74 Å². The second-order valence-electron chi connectivity index (χ2n) is 8.79. The van der Waals surface area contributed by atoms with Crippen molar-refractivity contribution in [3.8, 4) is 0 Å². The van der Waals surface area contributed by atoms with Gasteiger partial charge in [0.15, 0.2) is 0 Å². The molecule has 170 valence electrons. The maximum Gasteiger partial charge on any atom is 0.244 e. The normalized spacial score (nSPS) is 23.6. The van der Waals surface area contributed by atoms with Gasteiger partial charge in [-0.3, -0.25) is 4.98 Å². The van der Waals surface area contributed by atoms with Gasteiger partial charge < -0.3 is 10.1 Å². The number of fused-ring (bicyclic) bond motifs is 2. The van der Waals surface area contributed by atoms with Crippen molar-refractivity contribution >= 4 is 37.8 Å². The molecule has 1 aliphatic carbocycles. The summed E-state index contributed by atoms with van der Waals surface area (Å²) in [5.41, 5.74) is 2.20. The van der Waals surface area contributed by atoms with E-state index in [1.54, 1.807) is 41.2 Å². The summed E-state index contributed by atoms with van der Waals surface area (Å²) < 4.78 is 34.5. The van der Waals surface area contributed by atoms with Crippen LogP contribution in [0.3, 0.4) is 0 Å². The molecule has 1 fully saturated rings. The van der Waals surface area contributed by atoms with Crippen LogP contribution in [0.25, 0.3) is 10.8 Å². The number of thiophene rings is 1. The van der Waals surface area contributed by atoms with Gasteiger partial charge in [0, 0.05) is 53.9 Å². The van der Waals surface area contributed by atoms with E-state index in [0.29, 0.717) is 23.5 Å². The van der Waals surface area contributed by atoms with E-state index in [1.165, 1.54) is 5.56 Å². The van der Waals surface area contributed by atoms with Gasteiger partial charge in [-0.25, -0.2) is 8.42 Å². The molecule has 1 N–H and O–H groups in total. The Kier molecular flexibility index (Phi) is 5.96. The molecule has 0 spiro atoms. The number of sulfonamides is 1. The number of aromatic nitrogens is 1. The summed E-state index contributed by atoms with van der Waals surface area (Å²) in [5.74, 6) is 0.694. The van der Waals surface area contributed by atoms with E-state index in [-0.39, 0.29) is 6.04 Å². The van der Waals surface area contributed by atoms with Gasteiger partial charge in [0.05, 0.1) is 17.0 Å². The number of hydrogen-bond donors (Lipinski definition) is 1. The largest absolute Gasteiger partial charge is 0.384 e. The smallest absolute Gasteiger partial charge is 0.244 e. The Labute approximate surface area is 193 Å². The van der Waals surface area contributed by atoms with Crippen LogP contribution in [0.15, 0.2) is 46.9 Å². The molecule has 2 aliphatic rings. The third kappa shape index (κ3) is 3.83. The molecule has 3 aromatic rings. The highest BCUT2D eigenvalue weighted by atomic mass is 32.2. The average Bonchev–Trinajstić information content (AvgIpc) is 3.25. The third-order valence-corrected chi connectivity index (χ3v) is 10.1. The SMILES string of the molecule is COC1CC(CCNc2ccc(S(=O)(=O)N3CCc4ccsc4C3C)c3ccncc23)C1. The van der Waals surface area contributed by atoms with Crippen molar-refractivity contribution in [3.63, 3.8) is 0 Å². The minimum absolute atomic E-state index is 0.156. The molecule has 5 rings (SSSR count). The average molecular weight is 472 g/mol. The summed E-state index contributed by atoms with van der Waals surface area (Å²) in [6, 6.07) is 7.41. The fourth-order valence-corrected chi connectivity index (χ4v) is 7.88. The van der Waals surface area contributed by atoms with Crippen molar-refractivity contribution in [3.05, 3.63) is 52.5 Å². The number of nitrogens with zero attached hydrogens (tertiary/aromatic N) is 2. The molecule has 8 heteroatoms. The maximum atomic E-state index is 13.7. The van der Waals surface area contributed by atoms with E-state index >= 15 is 0 Å². The molecule has 0 bridgehead atoms. The number of hydrogen-bond acceptors (Lipinski definition) is 6. The number of anilines is 1. The topological polar surface area (TPSA) is 71.5 Å². The van der Waals surface area contributed by atoms with Crippen molar-refractivity contribution < 1.29 is 13.2 Å². The van der Waals surface area contributed by atoms with Gasteiger partial charge in [-0.1, -0.05) is 0 Å². The molecular weight excluding hydrogens is 442 g/mol. The van der Waals surface area contributed by atoms with Gasteiger partial charge in [0.1, 0.15) is 0 Å². The third-order valence-electron chi connectivity index (χ3n) is 6.95. The van der Waals surface area contributed by atoms with Gasteiger partial charge in [-0.2, -0.15) is 4.31 Å². The first-order chi connectivity index (χ1) is 15.5. The Hall–Kier alpha value is -2.00. The number of nitrogens with one attached hydrogen (secondary N) is 1. The lowest BCUT2D eigenvalue weighted by Gasteiger charge is -2.34. The van der Waals surface area contributed by atoms with Crippen LogP contribution in [0.1, 0.15) is 42.7 Å². The van der Waals surface area contributed by atoms with Crippen molar-refractivity contribution in [1.82, 2.24) is 9.29 Å². The summed E-state index contributed by atoms with van der Waals surface area (Å²) in [4.78, 5) is 5.78. The molecule has 32 heavy (non-hydrogen) atoms. The Balaban J connectivity index is 1.40. The second-order valence-corrected chi connectivity index (χ2v) is 11.6. The highest BCUT2D eigenvalue weighted by Gasteiger charge is 2.35. The van der Waals surface area contributed by atoms with Crippen molar-refractivity contribution in [2.24, 2.45) is 5.92 Å². The first-order valence-electron chi connectivity index (χ1n) is 11.2. The summed E-state index contributed by atoms with van der Waals surface area (Å²) in [5, 5.41) is 7.13. The van der Waals surface area contributed by atoms with Crippen LogP contribution < -0.4 is 5.32 Å². The molecule has 1 aromatic carbocycles. The van der Waals surface area contributed by atoms with Crippen LogP contribution >= 0.6 is 11.3 Å². The lowest BCUT2D eigenvalue weighted by atomic mass is 9.80. The fourth-order valence-electron chi connectivity index (χ4n) is 4.99. The van der Waals surface area contributed by atoms with Crippen LogP contribution in [-0.2, 0) is 21.2 Å². The highest BCUT2D eigenvalue weighted by Crippen LogP contribution is 2.39. The molecule has 1 unspecified atom stereocenters. The van der Waals surface area contributed by atoms with E-state index in [2.05, 4.69) is 21.7 Å². The summed E-state index contributed by atoms with van der Waals surface area (Å²) in [7, 11) is -1.87. The zero-order chi connectivity index (χ0) is 22.3. The zero-order valence-corrected chi connectivity index (χ0v) is 20.1. The monoisotopic (exact) mass is 471 g/mol. The Morgan fingerprint density at radius 2 is 2.06 bits per heavy atom. The second kappa shape index (κ2) is 8.74. The predicted octanol–water partition coefficient (Wildman–Crippen LogP) is 4.83. The minimum atomic E-state index is -3.64. The van der Waals surface area contributed by atoms with Crippen molar-refractivity contribution in [1.29, 1.82) is 0 Å². The van der Waals surface area contributed by atoms with Crippen LogP contribution in [0.4, 0.5) is 5.69 Å². The molecule has 1 saturated carbocycles. The van der Waals surface area contributed by atoms with Crippen molar-refractivity contribution in [2.75, 3.05) is 25.5 Å². The van der Waals surface area contributed by atoms with Gasteiger partial charge in [0.25, 0.3) is 0 Å². The van der Waals surface area contributed by atoms with Gasteiger partial charge in [-0.05, 0) is 73.7 Å². The maximum absolute atomic E-state index is 13.7. The first-order valence-corrected chi connectivity index (χ1v) is 13.5. The molecule has 6 nitrogen and oxygen atoms in total. The van der Waals surface area contributed by atoms with Crippen molar-refractivity contribution in [2.45, 2.75) is 49.6 Å². The van der Waals surface area contributed by atoms with E-state index < -0.39 is 10.0 Å². The number of pyridine rings is 1. The van der Waals surface area contributed by atoms with Crippen LogP contribution in [0.2, 0.25) is 0 Å². The van der Waals surface area contributed by atoms with Gasteiger partial charge >= 0.3 is 0 Å². The number of rotatable bonds is 7. The lowest BCUT2D eigenvalue weighted by molar-refractivity contribution is -0.000332. The van der Waals surface area contributed by atoms with Crippen LogP contribution in [-0.4, -0.2) is 44.0 Å². The molecule has 0 saturated heterocycles. The summed E-state index contributed by atoms with van der Waals surface area (Å²) in [6.45, 7) is 3.34. The molecule has 3 heterocycles. The first kappa shape index (κ1) is 21.8. The Morgan fingerprint density at radius 3 is 2.88 bits per heavy atom. The Bertz CT molecular complexity index is 1220. The van der Waals surface area contributed by atoms with E-state index in [0.717, 1.165) is 53.6 Å². The van der Waals surface area contributed by atoms with E-state index in [1.807, 2.05) is 19.1 Å². The molecule has 1 aliphatic heterocycles. The molecule has 0 amide bonds. The zero-order valence-electron chi connectivity index (χ0n) is 18.5. The van der Waals surface area contributed by atoms with Crippen LogP contribution in [0.5, 0.6) is 0 Å². The fraction of sp³-hybridized carbons (Fsp3) is 0.458. The summed E-state index contributed by atoms with van der Waals surface area (Å²) >= 11 is 1.64. The molecule has 1 atom stereocenters. The quantitative estimate of drug-likeness (QED) is 0.534. The number of ether oxygens (including phenoxy) is 1. The number of benzene rings is 1. The summed E-state index contributed by atoms with van der Waals surface area (Å²) in [6.07, 6.45) is 7.93. The van der Waals surface area contributed by atoms with Gasteiger partial charge in [0.2, 0.25) is 10.0 Å². The van der Waals surface area contributed by atoms with Crippen LogP contribution in [0, 0.1) is 5.92 Å². The van der Waals surface area contributed by atoms with Gasteiger partial charge in [-0.15, -0.1) is 11.3 Å². The molecule has 0 radical (unpaired) electrons. The Morgan fingerprint density at radius 1 is 1.22 bits per heavy atom. The lowest BCUT2D eigenvalue weighted by Crippen LogP contribution is -2.38. The minimum Gasteiger partial charge on any atom is -0.384 e. The standard InChI is InChI=1S/C24H29N3O3S2/c1-16-24-18(8-12-31-24)7-11-27(16)32(28,29)23-4-3-22(21-15-25-9-6-20(21)23)26-10-5-17-13-19(14-17)30-2/h3-4,6,8-9,12,15-17,19,26H,5,7,10-11,13-14H2,1-2H3. The molecule has 2 aromatic heterocycles.